The topological polar surface area (TPSA) is 47.3 Å². The molecule has 4 nitrogen and oxygen atoms in total. The second-order valence-electron chi connectivity index (χ2n) is 4.51. The maximum atomic E-state index is 5.83. The first-order valence-electron chi connectivity index (χ1n) is 5.90. The molecule has 4 heteroatoms. The van der Waals surface area contributed by atoms with Gasteiger partial charge in [0.1, 0.15) is 5.52 Å². The van der Waals surface area contributed by atoms with Crippen LogP contribution in [-0.2, 0) is 4.74 Å². The zero-order valence-electron chi connectivity index (χ0n) is 10.1. The molecule has 0 bridgehead atoms. The van der Waals surface area contributed by atoms with Gasteiger partial charge in [0, 0.05) is 6.04 Å². The first-order valence-corrected chi connectivity index (χ1v) is 5.90. The molecule has 1 N–H and O–H groups in total. The quantitative estimate of drug-likeness (QED) is 0.858. The van der Waals surface area contributed by atoms with Crippen LogP contribution in [0.15, 0.2) is 22.6 Å². The zero-order valence-corrected chi connectivity index (χ0v) is 10.1. The first kappa shape index (κ1) is 10.7. The van der Waals surface area contributed by atoms with Crippen molar-refractivity contribution < 1.29 is 9.15 Å². The summed E-state index contributed by atoms with van der Waals surface area (Å²) >= 11 is 0. The Bertz CT molecular complexity index is 535. The molecule has 1 fully saturated rings. The van der Waals surface area contributed by atoms with Crippen molar-refractivity contribution in [2.75, 3.05) is 20.3 Å². The van der Waals surface area contributed by atoms with Crippen LogP contribution in [0.4, 0.5) is 0 Å². The minimum Gasteiger partial charge on any atom is -0.440 e. The molecule has 90 valence electrons. The fourth-order valence-electron chi connectivity index (χ4n) is 2.34. The van der Waals surface area contributed by atoms with Gasteiger partial charge in [-0.05, 0) is 25.6 Å². The number of aromatic nitrogens is 1. The van der Waals surface area contributed by atoms with Gasteiger partial charge in [0.2, 0.25) is 5.89 Å². The molecule has 0 spiro atoms. The summed E-state index contributed by atoms with van der Waals surface area (Å²) in [6.45, 7) is 3.45. The third-order valence-corrected chi connectivity index (χ3v) is 3.41. The van der Waals surface area contributed by atoms with E-state index in [1.165, 1.54) is 0 Å². The maximum Gasteiger partial charge on any atom is 0.202 e. The van der Waals surface area contributed by atoms with Crippen LogP contribution in [0.1, 0.15) is 17.4 Å². The van der Waals surface area contributed by atoms with Crippen LogP contribution < -0.4 is 5.32 Å². The van der Waals surface area contributed by atoms with Crippen molar-refractivity contribution in [1.29, 1.82) is 0 Å². The van der Waals surface area contributed by atoms with Crippen molar-refractivity contribution in [3.05, 3.63) is 29.7 Å². The smallest absolute Gasteiger partial charge is 0.202 e. The van der Waals surface area contributed by atoms with Gasteiger partial charge in [-0.25, -0.2) is 4.98 Å². The normalized spacial score (nSPS) is 24.6. The maximum absolute atomic E-state index is 5.83. The predicted molar refractivity (Wildman–Crippen MR) is 65.2 cm³/mol. The number of oxazole rings is 1. The van der Waals surface area contributed by atoms with Gasteiger partial charge < -0.3 is 14.5 Å². The predicted octanol–water partition coefficient (Wildman–Crippen LogP) is 1.84. The first-order chi connectivity index (χ1) is 8.29. The van der Waals surface area contributed by atoms with Gasteiger partial charge in [-0.3, -0.25) is 0 Å². The molecule has 1 aliphatic heterocycles. The van der Waals surface area contributed by atoms with Crippen molar-refractivity contribution >= 4 is 11.1 Å². The fraction of sp³-hybridized carbons (Fsp3) is 0.462. The molecule has 1 saturated heterocycles. The van der Waals surface area contributed by atoms with Gasteiger partial charge in [0.05, 0.1) is 19.1 Å². The standard InChI is InChI=1S/C13H16N2O2/c1-8-4-3-5-11-12(8)15-13(17-11)9-6-16-7-10(9)14-2/h3-5,9-10,14H,6-7H2,1-2H3. The van der Waals surface area contributed by atoms with Crippen LogP contribution in [0.5, 0.6) is 0 Å². The van der Waals surface area contributed by atoms with E-state index in [1.807, 2.05) is 19.2 Å². The van der Waals surface area contributed by atoms with Crippen molar-refractivity contribution in [1.82, 2.24) is 10.3 Å². The van der Waals surface area contributed by atoms with E-state index in [2.05, 4.69) is 23.3 Å². The molecule has 17 heavy (non-hydrogen) atoms. The number of fused-ring (bicyclic) bond motifs is 1. The molecule has 0 amide bonds. The monoisotopic (exact) mass is 232 g/mol. The third kappa shape index (κ3) is 1.73. The summed E-state index contributed by atoms with van der Waals surface area (Å²) in [5.74, 6) is 0.998. The van der Waals surface area contributed by atoms with Crippen molar-refractivity contribution in [3.8, 4) is 0 Å². The van der Waals surface area contributed by atoms with Gasteiger partial charge >= 0.3 is 0 Å². The van der Waals surface area contributed by atoms with Crippen LogP contribution in [0.3, 0.4) is 0 Å². The summed E-state index contributed by atoms with van der Waals surface area (Å²) in [5, 5.41) is 3.25. The van der Waals surface area contributed by atoms with E-state index in [4.69, 9.17) is 9.15 Å². The zero-order chi connectivity index (χ0) is 11.8. The highest BCUT2D eigenvalue weighted by Gasteiger charge is 2.32. The van der Waals surface area contributed by atoms with E-state index in [-0.39, 0.29) is 5.92 Å². The Labute approximate surface area is 100.0 Å². The summed E-state index contributed by atoms with van der Waals surface area (Å²) in [6.07, 6.45) is 0. The van der Waals surface area contributed by atoms with E-state index in [9.17, 15) is 0 Å². The fourth-order valence-corrected chi connectivity index (χ4v) is 2.34. The Kier molecular flexibility index (Phi) is 2.61. The Balaban J connectivity index is 2.03. The lowest BCUT2D eigenvalue weighted by molar-refractivity contribution is 0.186. The lowest BCUT2D eigenvalue weighted by Gasteiger charge is -2.12. The number of hydrogen-bond donors (Lipinski definition) is 1. The van der Waals surface area contributed by atoms with E-state index in [0.717, 1.165) is 29.2 Å². The average Bonchev–Trinajstić information content (AvgIpc) is 2.94. The lowest BCUT2D eigenvalue weighted by atomic mass is 10.0. The van der Waals surface area contributed by atoms with Crippen LogP contribution in [-0.4, -0.2) is 31.3 Å². The molecule has 3 rings (SSSR count). The number of nitrogens with zero attached hydrogens (tertiary/aromatic N) is 1. The summed E-state index contributed by atoms with van der Waals surface area (Å²) in [5.41, 5.74) is 2.98. The number of ether oxygens (including phenoxy) is 1. The van der Waals surface area contributed by atoms with E-state index < -0.39 is 0 Å². The highest BCUT2D eigenvalue weighted by Crippen LogP contribution is 2.29. The Hall–Kier alpha value is -1.39. The number of nitrogens with one attached hydrogen (secondary N) is 1. The summed E-state index contributed by atoms with van der Waals surface area (Å²) < 4.78 is 11.3. The van der Waals surface area contributed by atoms with E-state index in [0.29, 0.717) is 12.6 Å². The molecule has 0 radical (unpaired) electrons. The summed E-state index contributed by atoms with van der Waals surface area (Å²) in [6, 6.07) is 6.30. The second-order valence-corrected chi connectivity index (χ2v) is 4.51. The Morgan fingerprint density at radius 3 is 3.00 bits per heavy atom. The SMILES string of the molecule is CNC1COCC1c1nc2c(C)cccc2o1. The van der Waals surface area contributed by atoms with Gasteiger partial charge in [-0.15, -0.1) is 0 Å². The van der Waals surface area contributed by atoms with E-state index in [1.54, 1.807) is 0 Å². The summed E-state index contributed by atoms with van der Waals surface area (Å²) in [7, 11) is 1.94. The molecule has 0 saturated carbocycles. The molecular formula is C13H16N2O2. The molecule has 2 heterocycles. The van der Waals surface area contributed by atoms with Gasteiger partial charge in [0.25, 0.3) is 0 Å². The van der Waals surface area contributed by atoms with Crippen molar-refractivity contribution in [2.24, 2.45) is 0 Å². The third-order valence-electron chi connectivity index (χ3n) is 3.41. The Morgan fingerprint density at radius 2 is 2.24 bits per heavy atom. The number of benzene rings is 1. The Morgan fingerprint density at radius 1 is 1.35 bits per heavy atom. The molecule has 2 aromatic rings. The van der Waals surface area contributed by atoms with Crippen LogP contribution in [0.25, 0.3) is 11.1 Å². The lowest BCUT2D eigenvalue weighted by Crippen LogP contribution is -2.31. The summed E-state index contributed by atoms with van der Waals surface area (Å²) in [4.78, 5) is 4.61. The van der Waals surface area contributed by atoms with Crippen molar-refractivity contribution in [3.63, 3.8) is 0 Å². The molecule has 1 aliphatic rings. The van der Waals surface area contributed by atoms with Crippen LogP contribution in [0, 0.1) is 6.92 Å². The average molecular weight is 232 g/mol. The second kappa shape index (κ2) is 4.13. The molecule has 1 aromatic carbocycles. The number of aryl methyl sites for hydroxylation is 1. The molecule has 1 aromatic heterocycles. The van der Waals surface area contributed by atoms with Gasteiger partial charge in [0.15, 0.2) is 5.58 Å². The molecule has 2 unspecified atom stereocenters. The largest absolute Gasteiger partial charge is 0.440 e. The van der Waals surface area contributed by atoms with Crippen LogP contribution >= 0.6 is 0 Å². The van der Waals surface area contributed by atoms with Gasteiger partial charge in [-0.2, -0.15) is 0 Å². The highest BCUT2D eigenvalue weighted by atomic mass is 16.5. The number of hydrogen-bond acceptors (Lipinski definition) is 4. The minimum atomic E-state index is 0.215. The highest BCUT2D eigenvalue weighted by molar-refractivity contribution is 5.76. The number of para-hydroxylation sites is 1. The van der Waals surface area contributed by atoms with Gasteiger partial charge in [-0.1, -0.05) is 12.1 Å². The molecule has 2 atom stereocenters. The van der Waals surface area contributed by atoms with E-state index >= 15 is 0 Å². The number of likely N-dealkylation sites (N-methyl/N-ethyl adjacent to an activating group) is 1. The molecular weight excluding hydrogens is 216 g/mol. The number of rotatable bonds is 2. The minimum absolute atomic E-state index is 0.215. The van der Waals surface area contributed by atoms with Crippen LogP contribution in [0.2, 0.25) is 0 Å². The molecule has 0 aliphatic carbocycles. The van der Waals surface area contributed by atoms with Crippen molar-refractivity contribution in [2.45, 2.75) is 18.9 Å².